The van der Waals surface area contributed by atoms with E-state index < -0.39 is 6.04 Å². The topological polar surface area (TPSA) is 72.6 Å². The van der Waals surface area contributed by atoms with Crippen molar-refractivity contribution in [2.45, 2.75) is 31.7 Å². The van der Waals surface area contributed by atoms with Crippen LogP contribution in [0, 0.1) is 0 Å². The van der Waals surface area contributed by atoms with Crippen molar-refractivity contribution in [3.63, 3.8) is 0 Å². The van der Waals surface area contributed by atoms with E-state index in [2.05, 4.69) is 4.74 Å². The molecule has 1 rings (SSSR count). The van der Waals surface area contributed by atoms with E-state index in [0.717, 1.165) is 6.42 Å². The Hall–Kier alpha value is -1.88. The number of hydrogen-bond donors (Lipinski definition) is 1. The Labute approximate surface area is 126 Å². The first-order chi connectivity index (χ1) is 10.0. The van der Waals surface area contributed by atoms with Crippen LogP contribution in [0.1, 0.15) is 24.8 Å². The quantitative estimate of drug-likeness (QED) is 0.734. The van der Waals surface area contributed by atoms with Gasteiger partial charge >= 0.3 is 5.97 Å². The van der Waals surface area contributed by atoms with Crippen LogP contribution in [0.15, 0.2) is 30.3 Å². The standard InChI is InChI=1S/C16H24N2O3/c1-18(12-6-9-15(19)21-2)16(20)14(17)11-10-13-7-4-3-5-8-13/h3-5,7-8,14H,6,9-12,17H2,1-2H3/t14-/m0/s1. The van der Waals surface area contributed by atoms with Gasteiger partial charge in [-0.2, -0.15) is 0 Å². The van der Waals surface area contributed by atoms with Gasteiger partial charge in [0.15, 0.2) is 0 Å². The van der Waals surface area contributed by atoms with Gasteiger partial charge in [-0.1, -0.05) is 30.3 Å². The molecule has 0 radical (unpaired) electrons. The van der Waals surface area contributed by atoms with Crippen LogP contribution in [0.2, 0.25) is 0 Å². The number of benzene rings is 1. The van der Waals surface area contributed by atoms with E-state index in [-0.39, 0.29) is 11.9 Å². The third kappa shape index (κ3) is 6.40. The number of amides is 1. The lowest BCUT2D eigenvalue weighted by Gasteiger charge is -2.21. The van der Waals surface area contributed by atoms with Gasteiger partial charge in [0.1, 0.15) is 0 Å². The zero-order valence-corrected chi connectivity index (χ0v) is 12.7. The number of carbonyl (C=O) groups excluding carboxylic acids is 2. The summed E-state index contributed by atoms with van der Waals surface area (Å²) in [4.78, 5) is 24.7. The highest BCUT2D eigenvalue weighted by molar-refractivity contribution is 5.81. The number of esters is 1. The molecule has 0 aliphatic carbocycles. The predicted molar refractivity (Wildman–Crippen MR) is 81.6 cm³/mol. The van der Waals surface area contributed by atoms with Gasteiger partial charge in [-0.3, -0.25) is 9.59 Å². The van der Waals surface area contributed by atoms with Gasteiger partial charge in [-0.25, -0.2) is 0 Å². The molecule has 1 aromatic rings. The average Bonchev–Trinajstić information content (AvgIpc) is 2.52. The molecule has 0 unspecified atom stereocenters. The summed E-state index contributed by atoms with van der Waals surface area (Å²) >= 11 is 0. The minimum absolute atomic E-state index is 0.0872. The summed E-state index contributed by atoms with van der Waals surface area (Å²) in [5.74, 6) is -0.347. The molecule has 1 atom stereocenters. The molecule has 0 saturated heterocycles. The zero-order chi connectivity index (χ0) is 15.7. The van der Waals surface area contributed by atoms with E-state index in [1.807, 2.05) is 30.3 Å². The van der Waals surface area contributed by atoms with Crippen LogP contribution in [0.4, 0.5) is 0 Å². The number of hydrogen-bond acceptors (Lipinski definition) is 4. The molecule has 0 saturated carbocycles. The number of nitrogens with two attached hydrogens (primary N) is 1. The van der Waals surface area contributed by atoms with Crippen molar-refractivity contribution < 1.29 is 14.3 Å². The Morgan fingerprint density at radius 1 is 1.29 bits per heavy atom. The van der Waals surface area contributed by atoms with Crippen molar-refractivity contribution in [3.8, 4) is 0 Å². The molecule has 0 aliphatic heterocycles. The first-order valence-electron chi connectivity index (χ1n) is 7.16. The number of rotatable bonds is 8. The van der Waals surface area contributed by atoms with Crippen molar-refractivity contribution in [2.24, 2.45) is 5.73 Å². The second-order valence-corrected chi connectivity index (χ2v) is 5.07. The Balaban J connectivity index is 2.30. The van der Waals surface area contributed by atoms with Gasteiger partial charge < -0.3 is 15.4 Å². The largest absolute Gasteiger partial charge is 0.469 e. The van der Waals surface area contributed by atoms with Crippen LogP contribution in [0.5, 0.6) is 0 Å². The molecule has 5 heteroatoms. The van der Waals surface area contributed by atoms with Crippen molar-refractivity contribution in [1.82, 2.24) is 4.90 Å². The average molecular weight is 292 g/mol. The highest BCUT2D eigenvalue weighted by Crippen LogP contribution is 2.06. The maximum Gasteiger partial charge on any atom is 0.305 e. The van der Waals surface area contributed by atoms with Crippen LogP contribution in [-0.4, -0.2) is 43.5 Å². The number of methoxy groups -OCH3 is 1. The molecule has 1 amide bonds. The zero-order valence-electron chi connectivity index (χ0n) is 12.7. The SMILES string of the molecule is COC(=O)CCCN(C)C(=O)[C@@H](N)CCc1ccccc1. The van der Waals surface area contributed by atoms with E-state index in [4.69, 9.17) is 5.73 Å². The van der Waals surface area contributed by atoms with Crippen molar-refractivity contribution in [1.29, 1.82) is 0 Å². The van der Waals surface area contributed by atoms with Crippen molar-refractivity contribution in [2.75, 3.05) is 20.7 Å². The summed E-state index contributed by atoms with van der Waals surface area (Å²) in [5.41, 5.74) is 7.12. The number of nitrogens with zero attached hydrogens (tertiary/aromatic N) is 1. The number of ether oxygens (including phenoxy) is 1. The lowest BCUT2D eigenvalue weighted by molar-refractivity contribution is -0.141. The highest BCUT2D eigenvalue weighted by Gasteiger charge is 2.17. The van der Waals surface area contributed by atoms with Crippen LogP contribution >= 0.6 is 0 Å². The molecule has 2 N–H and O–H groups in total. The van der Waals surface area contributed by atoms with Gasteiger partial charge in [0.05, 0.1) is 13.2 Å². The first kappa shape index (κ1) is 17.2. The minimum atomic E-state index is -0.506. The monoisotopic (exact) mass is 292 g/mol. The molecular weight excluding hydrogens is 268 g/mol. The fourth-order valence-corrected chi connectivity index (χ4v) is 2.05. The van der Waals surface area contributed by atoms with E-state index >= 15 is 0 Å². The Morgan fingerprint density at radius 2 is 1.95 bits per heavy atom. The van der Waals surface area contributed by atoms with E-state index in [9.17, 15) is 9.59 Å². The third-order valence-electron chi connectivity index (χ3n) is 3.38. The van der Waals surface area contributed by atoms with Gasteiger partial charge in [0.2, 0.25) is 5.91 Å². The molecule has 116 valence electrons. The Bertz CT molecular complexity index is 448. The maximum atomic E-state index is 12.1. The lowest BCUT2D eigenvalue weighted by atomic mass is 10.0. The number of likely N-dealkylation sites (N-methyl/N-ethyl adjacent to an activating group) is 1. The van der Waals surface area contributed by atoms with Gasteiger partial charge in [0.25, 0.3) is 0 Å². The van der Waals surface area contributed by atoms with Crippen molar-refractivity contribution >= 4 is 11.9 Å². The second kappa shape index (κ2) is 9.13. The second-order valence-electron chi connectivity index (χ2n) is 5.07. The summed E-state index contributed by atoms with van der Waals surface area (Å²) in [6, 6.07) is 9.45. The highest BCUT2D eigenvalue weighted by atomic mass is 16.5. The summed E-state index contributed by atoms with van der Waals surface area (Å²) in [7, 11) is 3.07. The number of aryl methyl sites for hydroxylation is 1. The third-order valence-corrected chi connectivity index (χ3v) is 3.38. The molecule has 0 spiro atoms. The summed E-state index contributed by atoms with van der Waals surface area (Å²) in [6.45, 7) is 0.507. The molecule has 0 fully saturated rings. The molecular formula is C16H24N2O3. The first-order valence-corrected chi connectivity index (χ1v) is 7.16. The molecule has 1 aromatic carbocycles. The summed E-state index contributed by atoms with van der Waals surface area (Å²) in [5, 5.41) is 0. The molecule has 5 nitrogen and oxygen atoms in total. The summed E-state index contributed by atoms with van der Waals surface area (Å²) in [6.07, 6.45) is 2.29. The van der Waals surface area contributed by atoms with E-state index in [1.165, 1.54) is 12.7 Å². The lowest BCUT2D eigenvalue weighted by Crippen LogP contribution is -2.42. The predicted octanol–water partition coefficient (Wildman–Crippen LogP) is 1.36. The molecule has 21 heavy (non-hydrogen) atoms. The summed E-state index contributed by atoms with van der Waals surface area (Å²) < 4.78 is 4.56. The smallest absolute Gasteiger partial charge is 0.305 e. The van der Waals surface area contributed by atoms with Crippen molar-refractivity contribution in [3.05, 3.63) is 35.9 Å². The molecule has 0 aromatic heterocycles. The molecule has 0 heterocycles. The van der Waals surface area contributed by atoms with Crippen LogP contribution in [0.3, 0.4) is 0 Å². The Kier molecular flexibility index (Phi) is 7.46. The molecule has 0 aliphatic rings. The van der Waals surface area contributed by atoms with Gasteiger partial charge in [0, 0.05) is 20.0 Å². The fourth-order valence-electron chi connectivity index (χ4n) is 2.05. The molecule has 0 bridgehead atoms. The van der Waals surface area contributed by atoms with Gasteiger partial charge in [-0.05, 0) is 24.8 Å². The van der Waals surface area contributed by atoms with Crippen LogP contribution < -0.4 is 5.73 Å². The van der Waals surface area contributed by atoms with Gasteiger partial charge in [-0.15, -0.1) is 0 Å². The van der Waals surface area contributed by atoms with E-state index in [1.54, 1.807) is 11.9 Å². The van der Waals surface area contributed by atoms with Crippen LogP contribution in [0.25, 0.3) is 0 Å². The van der Waals surface area contributed by atoms with E-state index in [0.29, 0.717) is 25.8 Å². The maximum absolute atomic E-state index is 12.1. The number of carbonyl (C=O) groups is 2. The normalized spacial score (nSPS) is 11.8. The minimum Gasteiger partial charge on any atom is -0.469 e. The van der Waals surface area contributed by atoms with Crippen LogP contribution in [-0.2, 0) is 20.7 Å². The fraction of sp³-hybridized carbons (Fsp3) is 0.500. The Morgan fingerprint density at radius 3 is 2.57 bits per heavy atom.